The molecule has 7 nitrogen and oxygen atoms in total. The van der Waals surface area contributed by atoms with E-state index in [1.807, 2.05) is 0 Å². The molecule has 3 aromatic carbocycles. The van der Waals surface area contributed by atoms with Crippen molar-refractivity contribution in [3.63, 3.8) is 0 Å². The number of hydrogen-bond donors (Lipinski definition) is 2. The lowest BCUT2D eigenvalue weighted by molar-refractivity contribution is -0.115. The van der Waals surface area contributed by atoms with E-state index in [1.165, 1.54) is 25.1 Å². The first-order valence-electron chi connectivity index (χ1n) is 9.37. The summed E-state index contributed by atoms with van der Waals surface area (Å²) in [6.07, 6.45) is 0. The molecule has 0 fully saturated rings. The Balaban J connectivity index is 1.87. The van der Waals surface area contributed by atoms with Gasteiger partial charge in [0.15, 0.2) is 0 Å². The van der Waals surface area contributed by atoms with Crippen molar-refractivity contribution in [2.75, 3.05) is 21.5 Å². The van der Waals surface area contributed by atoms with Crippen molar-refractivity contribution in [1.29, 1.82) is 0 Å². The van der Waals surface area contributed by atoms with Crippen molar-refractivity contribution in [1.82, 2.24) is 0 Å². The summed E-state index contributed by atoms with van der Waals surface area (Å²) < 4.78 is 41.0. The molecule has 0 aliphatic carbocycles. The van der Waals surface area contributed by atoms with Crippen LogP contribution in [0.3, 0.4) is 0 Å². The molecule has 0 aliphatic rings. The van der Waals surface area contributed by atoms with Crippen LogP contribution in [0.15, 0.2) is 77.7 Å². The fraction of sp³-hybridized carbons (Fsp3) is 0.0909. The van der Waals surface area contributed by atoms with E-state index in [0.29, 0.717) is 11.4 Å². The number of amides is 2. The highest BCUT2D eigenvalue weighted by molar-refractivity contribution is 7.92. The van der Waals surface area contributed by atoms with Gasteiger partial charge in [0.05, 0.1) is 15.6 Å². The maximum Gasteiger partial charge on any atom is 0.264 e. The summed E-state index contributed by atoms with van der Waals surface area (Å²) in [5, 5.41) is 4.94. The second-order valence-corrected chi connectivity index (χ2v) is 9.00. The molecule has 2 amide bonds. The Labute approximate surface area is 189 Å². The number of carbonyl (C=O) groups excluding carboxylic acids is 2. The van der Waals surface area contributed by atoms with Crippen molar-refractivity contribution >= 4 is 50.5 Å². The van der Waals surface area contributed by atoms with Crippen molar-refractivity contribution in [2.45, 2.75) is 11.8 Å². The van der Waals surface area contributed by atoms with Crippen LogP contribution in [-0.2, 0) is 19.6 Å². The third kappa shape index (κ3) is 5.63. The number of nitrogens with one attached hydrogen (secondary N) is 2. The maximum atomic E-state index is 13.6. The SMILES string of the molecule is CC(=O)Nc1ccc(NC(=O)CN(c2ccc(F)c(Cl)c2)S(=O)(=O)c2ccccc2)cc1. The predicted octanol–water partition coefficient (Wildman–Crippen LogP) is 4.27. The number of carbonyl (C=O) groups is 2. The molecule has 10 heteroatoms. The quantitative estimate of drug-likeness (QED) is 0.533. The third-order valence-electron chi connectivity index (χ3n) is 4.30. The molecular weight excluding hydrogens is 457 g/mol. The average molecular weight is 476 g/mol. The summed E-state index contributed by atoms with van der Waals surface area (Å²) in [5.41, 5.74) is 0.986. The summed E-state index contributed by atoms with van der Waals surface area (Å²) in [6.45, 7) is 0.797. The highest BCUT2D eigenvalue weighted by Crippen LogP contribution is 2.28. The number of halogens is 2. The Bertz CT molecular complexity index is 1240. The minimum absolute atomic E-state index is 0.0343. The number of hydrogen-bond acceptors (Lipinski definition) is 4. The van der Waals surface area contributed by atoms with Crippen LogP contribution in [0.1, 0.15) is 6.92 Å². The average Bonchev–Trinajstić information content (AvgIpc) is 2.75. The lowest BCUT2D eigenvalue weighted by atomic mass is 10.2. The highest BCUT2D eigenvalue weighted by atomic mass is 35.5. The summed E-state index contributed by atoms with van der Waals surface area (Å²) in [7, 11) is -4.15. The smallest absolute Gasteiger partial charge is 0.264 e. The van der Waals surface area contributed by atoms with Gasteiger partial charge in [-0.15, -0.1) is 0 Å². The molecule has 0 radical (unpaired) electrons. The first-order chi connectivity index (χ1) is 15.2. The molecule has 0 saturated heterocycles. The molecule has 3 aromatic rings. The first-order valence-corrected chi connectivity index (χ1v) is 11.2. The van der Waals surface area contributed by atoms with E-state index >= 15 is 0 Å². The number of benzene rings is 3. The van der Waals surface area contributed by atoms with Crippen LogP contribution in [-0.4, -0.2) is 26.8 Å². The number of anilines is 3. The molecule has 0 heterocycles. The summed E-state index contributed by atoms with van der Waals surface area (Å²) in [6, 6.07) is 17.3. The monoisotopic (exact) mass is 475 g/mol. The fourth-order valence-corrected chi connectivity index (χ4v) is 4.45. The molecule has 0 saturated carbocycles. The largest absolute Gasteiger partial charge is 0.326 e. The Morgan fingerprint density at radius 3 is 2.09 bits per heavy atom. The Morgan fingerprint density at radius 2 is 1.53 bits per heavy atom. The topological polar surface area (TPSA) is 95.6 Å². The van der Waals surface area contributed by atoms with Crippen LogP contribution in [0.4, 0.5) is 21.5 Å². The molecule has 2 N–H and O–H groups in total. The molecule has 0 aliphatic heterocycles. The van der Waals surface area contributed by atoms with Gasteiger partial charge in [0.1, 0.15) is 12.4 Å². The Morgan fingerprint density at radius 1 is 0.938 bits per heavy atom. The first kappa shape index (κ1) is 23.2. The summed E-state index contributed by atoms with van der Waals surface area (Å²) in [5.74, 6) is -1.57. The number of nitrogens with zero attached hydrogens (tertiary/aromatic N) is 1. The van der Waals surface area contributed by atoms with Gasteiger partial charge in [-0.3, -0.25) is 13.9 Å². The van der Waals surface area contributed by atoms with Gasteiger partial charge < -0.3 is 10.6 Å². The molecule has 166 valence electrons. The van der Waals surface area contributed by atoms with Gasteiger partial charge in [0.2, 0.25) is 11.8 Å². The zero-order valence-corrected chi connectivity index (χ0v) is 18.5. The summed E-state index contributed by atoms with van der Waals surface area (Å²) in [4.78, 5) is 23.8. The number of rotatable bonds is 7. The molecular formula is C22H19ClFN3O4S. The van der Waals surface area contributed by atoms with E-state index in [-0.39, 0.29) is 21.5 Å². The van der Waals surface area contributed by atoms with Crippen LogP contribution < -0.4 is 14.9 Å². The normalized spacial score (nSPS) is 11.0. The zero-order valence-electron chi connectivity index (χ0n) is 16.9. The molecule has 0 aromatic heterocycles. The van der Waals surface area contributed by atoms with Crippen LogP contribution in [0.5, 0.6) is 0 Å². The third-order valence-corrected chi connectivity index (χ3v) is 6.38. The minimum atomic E-state index is -4.15. The standard InChI is InChI=1S/C22H19ClFN3O4S/c1-15(28)25-16-7-9-17(10-8-16)26-22(29)14-27(18-11-12-21(24)20(23)13-18)32(30,31)19-5-3-2-4-6-19/h2-13H,14H2,1H3,(H,25,28)(H,26,29). The zero-order chi connectivity index (χ0) is 23.3. The van der Waals surface area contributed by atoms with Gasteiger partial charge >= 0.3 is 0 Å². The maximum absolute atomic E-state index is 13.6. The molecule has 0 bridgehead atoms. The van der Waals surface area contributed by atoms with Crippen molar-refractivity contribution in [3.05, 3.63) is 83.6 Å². The van der Waals surface area contributed by atoms with Crippen molar-refractivity contribution in [2.24, 2.45) is 0 Å². The number of sulfonamides is 1. The van der Waals surface area contributed by atoms with E-state index in [1.54, 1.807) is 42.5 Å². The van der Waals surface area contributed by atoms with E-state index in [4.69, 9.17) is 11.6 Å². The Kier molecular flexibility index (Phi) is 7.12. The fourth-order valence-electron chi connectivity index (χ4n) is 2.85. The van der Waals surface area contributed by atoms with E-state index in [9.17, 15) is 22.4 Å². The Hall–Kier alpha value is -3.43. The van der Waals surface area contributed by atoms with Crippen LogP contribution in [0, 0.1) is 5.82 Å². The van der Waals surface area contributed by atoms with Gasteiger partial charge in [-0.25, -0.2) is 12.8 Å². The predicted molar refractivity (Wildman–Crippen MR) is 122 cm³/mol. The second kappa shape index (κ2) is 9.80. The molecule has 0 unspecified atom stereocenters. The lowest BCUT2D eigenvalue weighted by Crippen LogP contribution is -2.38. The van der Waals surface area contributed by atoms with E-state index < -0.39 is 28.3 Å². The second-order valence-electron chi connectivity index (χ2n) is 6.73. The summed E-state index contributed by atoms with van der Waals surface area (Å²) >= 11 is 5.84. The van der Waals surface area contributed by atoms with Crippen LogP contribution in [0.2, 0.25) is 5.02 Å². The van der Waals surface area contributed by atoms with E-state index in [2.05, 4.69) is 10.6 Å². The lowest BCUT2D eigenvalue weighted by Gasteiger charge is -2.24. The molecule has 32 heavy (non-hydrogen) atoms. The van der Waals surface area contributed by atoms with Gasteiger partial charge in [-0.05, 0) is 54.6 Å². The minimum Gasteiger partial charge on any atom is -0.326 e. The van der Waals surface area contributed by atoms with Crippen molar-refractivity contribution in [3.8, 4) is 0 Å². The van der Waals surface area contributed by atoms with Gasteiger partial charge in [-0.2, -0.15) is 0 Å². The van der Waals surface area contributed by atoms with Crippen molar-refractivity contribution < 1.29 is 22.4 Å². The van der Waals surface area contributed by atoms with E-state index in [0.717, 1.165) is 16.4 Å². The van der Waals surface area contributed by atoms with Gasteiger partial charge in [-0.1, -0.05) is 29.8 Å². The van der Waals surface area contributed by atoms with Crippen LogP contribution >= 0.6 is 11.6 Å². The van der Waals surface area contributed by atoms with Gasteiger partial charge in [0, 0.05) is 18.3 Å². The highest BCUT2D eigenvalue weighted by Gasteiger charge is 2.27. The van der Waals surface area contributed by atoms with Gasteiger partial charge in [0.25, 0.3) is 10.0 Å². The molecule has 0 atom stereocenters. The molecule has 0 spiro atoms. The molecule has 3 rings (SSSR count). The van der Waals surface area contributed by atoms with Crippen LogP contribution in [0.25, 0.3) is 0 Å².